The van der Waals surface area contributed by atoms with Crippen molar-refractivity contribution in [1.82, 2.24) is 0 Å². The van der Waals surface area contributed by atoms with Crippen LogP contribution in [0, 0.1) is 0 Å². The second-order valence-electron chi connectivity index (χ2n) is 6.89. The lowest BCUT2D eigenvalue weighted by Crippen LogP contribution is -2.06. The number of rotatable bonds is 9. The van der Waals surface area contributed by atoms with E-state index in [0.717, 1.165) is 24.0 Å². The highest BCUT2D eigenvalue weighted by Crippen LogP contribution is 2.35. The summed E-state index contributed by atoms with van der Waals surface area (Å²) in [6, 6.07) is 11.6. The smallest absolute Gasteiger partial charge is 0.126 e. The molecule has 0 saturated carbocycles. The van der Waals surface area contributed by atoms with Crippen molar-refractivity contribution < 1.29 is 19.7 Å². The van der Waals surface area contributed by atoms with E-state index in [1.165, 1.54) is 11.1 Å². The summed E-state index contributed by atoms with van der Waals surface area (Å²) in [4.78, 5) is 0. The molecule has 2 aromatic carbocycles. The maximum atomic E-state index is 10.4. The van der Waals surface area contributed by atoms with Crippen LogP contribution in [0.5, 0.6) is 11.5 Å². The molecule has 142 valence electrons. The molecule has 0 aliphatic heterocycles. The highest BCUT2D eigenvalue weighted by molar-refractivity contribution is 5.44. The number of phenols is 2. The van der Waals surface area contributed by atoms with Crippen molar-refractivity contribution >= 4 is 0 Å². The van der Waals surface area contributed by atoms with Crippen LogP contribution in [0.15, 0.2) is 36.4 Å². The molecule has 0 spiro atoms. The van der Waals surface area contributed by atoms with Crippen molar-refractivity contribution in [2.75, 3.05) is 14.2 Å². The topological polar surface area (TPSA) is 58.9 Å². The van der Waals surface area contributed by atoms with E-state index in [2.05, 4.69) is 13.8 Å². The van der Waals surface area contributed by atoms with E-state index < -0.39 is 0 Å². The lowest BCUT2D eigenvalue weighted by molar-refractivity contribution is 0.174. The number of ether oxygens (including phenoxy) is 2. The fraction of sp³-hybridized carbons (Fsp3) is 0.455. The summed E-state index contributed by atoms with van der Waals surface area (Å²) >= 11 is 0. The van der Waals surface area contributed by atoms with E-state index in [9.17, 15) is 10.2 Å². The molecule has 2 atom stereocenters. The fourth-order valence-corrected chi connectivity index (χ4v) is 3.45. The Balaban J connectivity index is 2.26. The summed E-state index contributed by atoms with van der Waals surface area (Å²) in [7, 11) is 3.26. The third-order valence-corrected chi connectivity index (χ3v) is 4.95. The monoisotopic (exact) mass is 358 g/mol. The van der Waals surface area contributed by atoms with Crippen LogP contribution < -0.4 is 0 Å². The van der Waals surface area contributed by atoms with Gasteiger partial charge in [0.25, 0.3) is 0 Å². The molecule has 26 heavy (non-hydrogen) atoms. The predicted octanol–water partition coefficient (Wildman–Crippen LogP) is 5.08. The molecular weight excluding hydrogens is 328 g/mol. The molecule has 0 aromatic heterocycles. The van der Waals surface area contributed by atoms with Gasteiger partial charge in [0, 0.05) is 25.3 Å². The first-order chi connectivity index (χ1) is 12.5. The largest absolute Gasteiger partial charge is 0.508 e. The van der Waals surface area contributed by atoms with Gasteiger partial charge < -0.3 is 19.7 Å². The first-order valence-electron chi connectivity index (χ1n) is 9.11. The van der Waals surface area contributed by atoms with Gasteiger partial charge >= 0.3 is 0 Å². The Bertz CT molecular complexity index is 667. The Hall–Kier alpha value is -2.04. The standard InChI is InChI=1S/C22H30O4/c1-5-16(17-6-8-21(23)9-7-17)10-15(2)18-11-19(13-25-3)22(24)20(12-18)14-26-4/h6-9,11-12,15-16,23-24H,5,10,13-14H2,1-4H3. The van der Waals surface area contributed by atoms with Crippen LogP contribution in [0.4, 0.5) is 0 Å². The predicted molar refractivity (Wildman–Crippen MR) is 104 cm³/mol. The number of phenolic OH excluding ortho intramolecular Hbond substituents is 2. The highest BCUT2D eigenvalue weighted by Gasteiger charge is 2.18. The zero-order chi connectivity index (χ0) is 19.1. The molecule has 2 N–H and O–H groups in total. The average Bonchev–Trinajstić information content (AvgIpc) is 2.63. The molecule has 0 bridgehead atoms. The van der Waals surface area contributed by atoms with Gasteiger partial charge in [-0.2, -0.15) is 0 Å². The number of hydrogen-bond donors (Lipinski definition) is 2. The third-order valence-electron chi connectivity index (χ3n) is 4.95. The maximum absolute atomic E-state index is 10.4. The first kappa shape index (κ1) is 20.3. The molecule has 0 heterocycles. The Morgan fingerprint density at radius 1 is 0.885 bits per heavy atom. The normalized spacial score (nSPS) is 13.5. The Morgan fingerprint density at radius 2 is 1.42 bits per heavy atom. The van der Waals surface area contributed by atoms with Gasteiger partial charge in [0.1, 0.15) is 11.5 Å². The van der Waals surface area contributed by atoms with Gasteiger partial charge in [-0.15, -0.1) is 0 Å². The summed E-state index contributed by atoms with van der Waals surface area (Å²) in [6.07, 6.45) is 2.02. The SMILES string of the molecule is CCC(CC(C)c1cc(COC)c(O)c(COC)c1)c1ccc(O)cc1. The Kier molecular flexibility index (Phi) is 7.49. The van der Waals surface area contributed by atoms with E-state index in [1.54, 1.807) is 26.4 Å². The quantitative estimate of drug-likeness (QED) is 0.656. The molecule has 4 heteroatoms. The van der Waals surface area contributed by atoms with Gasteiger partial charge in [0.05, 0.1) is 13.2 Å². The molecule has 0 amide bonds. The summed E-state index contributed by atoms with van der Waals surface area (Å²) in [6.45, 7) is 5.15. The van der Waals surface area contributed by atoms with Gasteiger partial charge in [0.2, 0.25) is 0 Å². The summed E-state index contributed by atoms with van der Waals surface area (Å²) in [5, 5.41) is 19.9. The zero-order valence-corrected chi connectivity index (χ0v) is 16.2. The molecule has 0 aliphatic rings. The van der Waals surface area contributed by atoms with Crippen LogP contribution in [0.25, 0.3) is 0 Å². The Morgan fingerprint density at radius 3 is 1.88 bits per heavy atom. The van der Waals surface area contributed by atoms with Gasteiger partial charge in [-0.3, -0.25) is 0 Å². The highest BCUT2D eigenvalue weighted by atomic mass is 16.5. The van der Waals surface area contributed by atoms with E-state index in [1.807, 2.05) is 24.3 Å². The van der Waals surface area contributed by atoms with Crippen molar-refractivity contribution in [3.8, 4) is 11.5 Å². The molecule has 0 fully saturated rings. The van der Waals surface area contributed by atoms with E-state index >= 15 is 0 Å². The first-order valence-corrected chi connectivity index (χ1v) is 9.11. The van der Waals surface area contributed by atoms with Crippen molar-refractivity contribution in [3.05, 3.63) is 58.7 Å². The average molecular weight is 358 g/mol. The van der Waals surface area contributed by atoms with Crippen molar-refractivity contribution in [2.24, 2.45) is 0 Å². The minimum Gasteiger partial charge on any atom is -0.508 e. The van der Waals surface area contributed by atoms with Crippen LogP contribution >= 0.6 is 0 Å². The van der Waals surface area contributed by atoms with Crippen molar-refractivity contribution in [2.45, 2.75) is 51.7 Å². The lowest BCUT2D eigenvalue weighted by Gasteiger charge is -2.22. The molecule has 2 aromatic rings. The molecular formula is C22H30O4. The number of aromatic hydroxyl groups is 2. The van der Waals surface area contributed by atoms with Crippen molar-refractivity contribution in [1.29, 1.82) is 0 Å². The minimum absolute atomic E-state index is 0.259. The van der Waals surface area contributed by atoms with E-state index in [-0.39, 0.29) is 5.75 Å². The van der Waals surface area contributed by atoms with Gasteiger partial charge in [-0.25, -0.2) is 0 Å². The van der Waals surface area contributed by atoms with Crippen LogP contribution in [-0.2, 0) is 22.7 Å². The summed E-state index contributed by atoms with van der Waals surface area (Å²) in [5.41, 5.74) is 4.01. The van der Waals surface area contributed by atoms with E-state index in [4.69, 9.17) is 9.47 Å². The van der Waals surface area contributed by atoms with Crippen LogP contribution in [0.3, 0.4) is 0 Å². The zero-order valence-electron chi connectivity index (χ0n) is 16.2. The summed E-state index contributed by atoms with van der Waals surface area (Å²) < 4.78 is 10.5. The van der Waals surface area contributed by atoms with Crippen LogP contribution in [-0.4, -0.2) is 24.4 Å². The third kappa shape index (κ3) is 4.99. The molecule has 0 radical (unpaired) electrons. The number of benzene rings is 2. The van der Waals surface area contributed by atoms with Crippen LogP contribution in [0.2, 0.25) is 0 Å². The van der Waals surface area contributed by atoms with Gasteiger partial charge in [-0.05, 0) is 60.1 Å². The molecule has 4 nitrogen and oxygen atoms in total. The molecule has 0 aliphatic carbocycles. The van der Waals surface area contributed by atoms with Gasteiger partial charge in [-0.1, -0.05) is 26.0 Å². The Labute approximate surface area is 156 Å². The second kappa shape index (κ2) is 9.60. The fourth-order valence-electron chi connectivity index (χ4n) is 3.45. The van der Waals surface area contributed by atoms with Crippen molar-refractivity contribution in [3.63, 3.8) is 0 Å². The summed E-state index contributed by atoms with van der Waals surface area (Å²) in [5.74, 6) is 1.29. The number of hydrogen-bond acceptors (Lipinski definition) is 4. The molecule has 2 unspecified atom stereocenters. The lowest BCUT2D eigenvalue weighted by atomic mass is 9.83. The van der Waals surface area contributed by atoms with Gasteiger partial charge in [0.15, 0.2) is 0 Å². The second-order valence-corrected chi connectivity index (χ2v) is 6.89. The number of methoxy groups -OCH3 is 2. The molecule has 2 rings (SSSR count). The van der Waals surface area contributed by atoms with Crippen LogP contribution in [0.1, 0.15) is 60.8 Å². The molecule has 0 saturated heterocycles. The maximum Gasteiger partial charge on any atom is 0.126 e. The van der Waals surface area contributed by atoms with E-state index in [0.29, 0.717) is 30.8 Å². The minimum atomic E-state index is 0.259.